The molecule has 0 aliphatic heterocycles. The molecule has 3 rings (SSSR count). The van der Waals surface area contributed by atoms with Crippen LogP contribution in [0.3, 0.4) is 0 Å². The summed E-state index contributed by atoms with van der Waals surface area (Å²) in [5.74, 6) is 1.79. The normalized spacial score (nSPS) is 10.7. The number of benzene rings is 2. The summed E-state index contributed by atoms with van der Waals surface area (Å²) >= 11 is 4.85. The van der Waals surface area contributed by atoms with Crippen LogP contribution in [-0.2, 0) is 17.9 Å². The summed E-state index contributed by atoms with van der Waals surface area (Å²) in [7, 11) is 1.64. The van der Waals surface area contributed by atoms with Gasteiger partial charge in [0.15, 0.2) is 11.0 Å². The molecule has 2 N–H and O–H groups in total. The van der Waals surface area contributed by atoms with Gasteiger partial charge < -0.3 is 19.9 Å². The molecule has 30 heavy (non-hydrogen) atoms. The van der Waals surface area contributed by atoms with Crippen molar-refractivity contribution in [2.45, 2.75) is 32.1 Å². The monoisotopic (exact) mass is 489 g/mol. The van der Waals surface area contributed by atoms with Gasteiger partial charge in [0.2, 0.25) is 5.91 Å². The Labute approximate surface area is 188 Å². The smallest absolute Gasteiger partial charge is 0.234 e. The van der Waals surface area contributed by atoms with E-state index in [1.807, 2.05) is 60.9 Å². The van der Waals surface area contributed by atoms with E-state index in [1.165, 1.54) is 11.8 Å². The summed E-state index contributed by atoms with van der Waals surface area (Å²) in [6.07, 6.45) is 0. The van der Waals surface area contributed by atoms with E-state index in [0.717, 1.165) is 44.7 Å². The summed E-state index contributed by atoms with van der Waals surface area (Å²) in [6.45, 7) is 5.30. The molecule has 0 radical (unpaired) electrons. The molecule has 0 aliphatic carbocycles. The predicted octanol–water partition coefficient (Wildman–Crippen LogP) is 4.72. The van der Waals surface area contributed by atoms with Gasteiger partial charge in [0, 0.05) is 16.7 Å². The Bertz CT molecular complexity index is 1010. The lowest BCUT2D eigenvalue weighted by molar-refractivity contribution is -0.113. The van der Waals surface area contributed by atoms with Gasteiger partial charge in [-0.15, -0.1) is 10.2 Å². The molecule has 0 saturated heterocycles. The zero-order valence-electron chi connectivity index (χ0n) is 17.1. The molecule has 0 spiro atoms. The van der Waals surface area contributed by atoms with Crippen molar-refractivity contribution in [2.24, 2.45) is 0 Å². The number of anilines is 2. The molecule has 3 aromatic rings. The first-order valence-corrected chi connectivity index (χ1v) is 11.3. The van der Waals surface area contributed by atoms with Crippen LogP contribution in [0.2, 0.25) is 0 Å². The standard InChI is InChI=1S/C21H24BrN5O2S/c1-4-27-19(12-23-15-6-8-16(29-3)9-7-15)25-26-21(27)30-13-20(28)24-18-10-5-14(2)11-17(18)22/h5-11,23H,4,12-13H2,1-3H3,(H,24,28). The Morgan fingerprint density at radius 3 is 2.63 bits per heavy atom. The maximum Gasteiger partial charge on any atom is 0.234 e. The van der Waals surface area contributed by atoms with Gasteiger partial charge in [0.1, 0.15) is 5.75 Å². The Morgan fingerprint density at radius 1 is 1.20 bits per heavy atom. The number of halogens is 1. The van der Waals surface area contributed by atoms with E-state index >= 15 is 0 Å². The fourth-order valence-electron chi connectivity index (χ4n) is 2.80. The summed E-state index contributed by atoms with van der Waals surface area (Å²) in [6, 6.07) is 13.5. The third-order valence-electron chi connectivity index (χ3n) is 4.38. The largest absolute Gasteiger partial charge is 0.497 e. The summed E-state index contributed by atoms with van der Waals surface area (Å²) < 4.78 is 8.05. The van der Waals surface area contributed by atoms with Crippen molar-refractivity contribution >= 4 is 45.0 Å². The number of carbonyl (C=O) groups excluding carboxylic acids is 1. The number of nitrogens with one attached hydrogen (secondary N) is 2. The highest BCUT2D eigenvalue weighted by atomic mass is 79.9. The number of hydrogen-bond donors (Lipinski definition) is 2. The van der Waals surface area contributed by atoms with E-state index < -0.39 is 0 Å². The Hall–Kier alpha value is -2.52. The fourth-order valence-corrected chi connectivity index (χ4v) is 4.22. The molecule has 0 aliphatic rings. The number of hydrogen-bond acceptors (Lipinski definition) is 6. The predicted molar refractivity (Wildman–Crippen MR) is 124 cm³/mol. The van der Waals surface area contributed by atoms with Crippen molar-refractivity contribution in [1.82, 2.24) is 14.8 Å². The van der Waals surface area contributed by atoms with Crippen molar-refractivity contribution in [3.8, 4) is 5.75 Å². The highest BCUT2D eigenvalue weighted by molar-refractivity contribution is 9.10. The maximum absolute atomic E-state index is 12.4. The quantitative estimate of drug-likeness (QED) is 0.423. The number of thioether (sulfide) groups is 1. The molecular formula is C21H24BrN5O2S. The van der Waals surface area contributed by atoms with E-state index in [4.69, 9.17) is 4.74 Å². The van der Waals surface area contributed by atoms with Gasteiger partial charge >= 0.3 is 0 Å². The minimum atomic E-state index is -0.0897. The zero-order chi connectivity index (χ0) is 21.5. The molecule has 7 nitrogen and oxygen atoms in total. The number of aryl methyl sites for hydroxylation is 1. The summed E-state index contributed by atoms with van der Waals surface area (Å²) in [5, 5.41) is 15.5. The van der Waals surface area contributed by atoms with E-state index in [0.29, 0.717) is 6.54 Å². The highest BCUT2D eigenvalue weighted by Crippen LogP contribution is 2.24. The number of ether oxygens (including phenoxy) is 1. The first-order chi connectivity index (χ1) is 14.5. The Kier molecular flexibility index (Phi) is 7.75. The van der Waals surface area contributed by atoms with Gasteiger partial charge in [-0.2, -0.15) is 0 Å². The van der Waals surface area contributed by atoms with Crippen molar-refractivity contribution < 1.29 is 9.53 Å². The lowest BCUT2D eigenvalue weighted by Crippen LogP contribution is -2.15. The van der Waals surface area contributed by atoms with Gasteiger partial charge in [-0.25, -0.2) is 0 Å². The van der Waals surface area contributed by atoms with Gasteiger partial charge in [-0.3, -0.25) is 4.79 Å². The van der Waals surface area contributed by atoms with E-state index in [9.17, 15) is 4.79 Å². The minimum Gasteiger partial charge on any atom is -0.497 e. The van der Waals surface area contributed by atoms with Gasteiger partial charge in [-0.1, -0.05) is 17.8 Å². The number of rotatable bonds is 9. The van der Waals surface area contributed by atoms with Crippen LogP contribution in [0.1, 0.15) is 18.3 Å². The topological polar surface area (TPSA) is 81.1 Å². The highest BCUT2D eigenvalue weighted by Gasteiger charge is 2.14. The maximum atomic E-state index is 12.4. The Balaban J connectivity index is 1.57. The van der Waals surface area contributed by atoms with Crippen molar-refractivity contribution in [3.05, 3.63) is 58.3 Å². The van der Waals surface area contributed by atoms with Crippen LogP contribution in [0.25, 0.3) is 0 Å². The number of amides is 1. The minimum absolute atomic E-state index is 0.0897. The molecule has 1 aromatic heterocycles. The second kappa shape index (κ2) is 10.5. The van der Waals surface area contributed by atoms with E-state index in [2.05, 4.69) is 36.8 Å². The third kappa shape index (κ3) is 5.76. The molecule has 0 fully saturated rings. The number of nitrogens with zero attached hydrogens (tertiary/aromatic N) is 3. The second-order valence-corrected chi connectivity index (χ2v) is 8.34. The fraction of sp³-hybridized carbons (Fsp3) is 0.286. The molecular weight excluding hydrogens is 466 g/mol. The molecule has 0 atom stereocenters. The van der Waals surface area contributed by atoms with Crippen molar-refractivity contribution in [3.63, 3.8) is 0 Å². The average Bonchev–Trinajstić information content (AvgIpc) is 3.15. The molecule has 0 bridgehead atoms. The SMILES string of the molecule is CCn1c(CNc2ccc(OC)cc2)nnc1SCC(=O)Nc1ccc(C)cc1Br. The number of carbonyl (C=O) groups is 1. The summed E-state index contributed by atoms with van der Waals surface area (Å²) in [5.41, 5.74) is 2.85. The molecule has 158 valence electrons. The van der Waals surface area contributed by atoms with Crippen LogP contribution in [0, 0.1) is 6.92 Å². The molecule has 2 aromatic carbocycles. The first kappa shape index (κ1) is 22.2. The van der Waals surface area contributed by atoms with Crippen LogP contribution in [0.15, 0.2) is 52.1 Å². The molecule has 1 amide bonds. The third-order valence-corrected chi connectivity index (χ3v) is 6.00. The molecule has 1 heterocycles. The van der Waals surface area contributed by atoms with Crippen LogP contribution < -0.4 is 15.4 Å². The van der Waals surface area contributed by atoms with E-state index in [-0.39, 0.29) is 11.7 Å². The lowest BCUT2D eigenvalue weighted by Gasteiger charge is -2.10. The van der Waals surface area contributed by atoms with Crippen LogP contribution in [0.5, 0.6) is 5.75 Å². The van der Waals surface area contributed by atoms with Crippen LogP contribution >= 0.6 is 27.7 Å². The van der Waals surface area contributed by atoms with Crippen LogP contribution in [-0.4, -0.2) is 33.5 Å². The van der Waals surface area contributed by atoms with Gasteiger partial charge in [0.25, 0.3) is 0 Å². The van der Waals surface area contributed by atoms with Gasteiger partial charge in [0.05, 0.1) is 25.1 Å². The molecule has 0 unspecified atom stereocenters. The summed E-state index contributed by atoms with van der Waals surface area (Å²) in [4.78, 5) is 12.4. The van der Waals surface area contributed by atoms with E-state index in [1.54, 1.807) is 7.11 Å². The second-order valence-electron chi connectivity index (χ2n) is 6.55. The first-order valence-electron chi connectivity index (χ1n) is 9.49. The molecule has 9 heteroatoms. The Morgan fingerprint density at radius 2 is 1.97 bits per heavy atom. The van der Waals surface area contributed by atoms with Crippen molar-refractivity contribution in [2.75, 3.05) is 23.5 Å². The lowest BCUT2D eigenvalue weighted by atomic mass is 10.2. The van der Waals surface area contributed by atoms with Crippen molar-refractivity contribution in [1.29, 1.82) is 0 Å². The average molecular weight is 490 g/mol. The number of methoxy groups -OCH3 is 1. The van der Waals surface area contributed by atoms with Crippen LogP contribution in [0.4, 0.5) is 11.4 Å². The number of aromatic nitrogens is 3. The zero-order valence-corrected chi connectivity index (χ0v) is 19.5. The van der Waals surface area contributed by atoms with Gasteiger partial charge in [-0.05, 0) is 71.7 Å². The molecule has 0 saturated carbocycles.